The van der Waals surface area contributed by atoms with Crippen molar-refractivity contribution in [3.05, 3.63) is 63.6 Å². The maximum atomic E-state index is 13.2. The Labute approximate surface area is 156 Å². The first kappa shape index (κ1) is 17.9. The van der Waals surface area contributed by atoms with Crippen molar-refractivity contribution in [2.24, 2.45) is 5.92 Å². The predicted octanol–water partition coefficient (Wildman–Crippen LogP) is 1.66. The molecular weight excluding hydrogens is 368 g/mol. The number of nitrogens with zero attached hydrogens (tertiary/aromatic N) is 2. The highest BCUT2D eigenvalue weighted by Gasteiger charge is 2.39. The third kappa shape index (κ3) is 2.98. The van der Waals surface area contributed by atoms with Crippen molar-refractivity contribution in [2.75, 3.05) is 13.1 Å². The van der Waals surface area contributed by atoms with Crippen molar-refractivity contribution >= 4 is 16.0 Å². The summed E-state index contributed by atoms with van der Waals surface area (Å²) in [6.07, 6.45) is 0.867. The molecule has 1 aromatic heterocycles. The number of piperidine rings is 1. The molecule has 0 radical (unpaired) electrons. The molecule has 1 aromatic carbocycles. The van der Waals surface area contributed by atoms with E-state index in [0.29, 0.717) is 25.2 Å². The summed E-state index contributed by atoms with van der Waals surface area (Å²) in [6.45, 7) is 2.82. The first-order chi connectivity index (χ1) is 12.8. The first-order valence-electron chi connectivity index (χ1n) is 8.81. The van der Waals surface area contributed by atoms with Crippen molar-refractivity contribution in [1.82, 2.24) is 8.87 Å². The normalized spacial score (nSPS) is 22.3. The highest BCUT2D eigenvalue weighted by molar-refractivity contribution is 7.89. The number of carbonyl (C=O) groups is 1. The number of hydrogen-bond donors (Lipinski definition) is 1. The van der Waals surface area contributed by atoms with Crippen molar-refractivity contribution < 1.29 is 18.3 Å². The van der Waals surface area contributed by atoms with Crippen LogP contribution in [-0.4, -0.2) is 41.5 Å². The van der Waals surface area contributed by atoms with Gasteiger partial charge in [0.15, 0.2) is 0 Å². The Bertz CT molecular complexity index is 1090. The SMILES string of the molecule is Cc1cc(C(=O)O)ccc1S(=O)(=O)N1C[C@@H]2C[C@H](C1)c1cccc(=O)n1C2. The van der Waals surface area contributed by atoms with Crippen LogP contribution in [0.1, 0.15) is 34.0 Å². The van der Waals surface area contributed by atoms with Gasteiger partial charge in [0, 0.05) is 37.3 Å². The zero-order valence-electron chi connectivity index (χ0n) is 14.8. The molecule has 2 aliphatic rings. The largest absolute Gasteiger partial charge is 0.478 e. The Morgan fingerprint density at radius 2 is 1.93 bits per heavy atom. The molecule has 0 unspecified atom stereocenters. The van der Waals surface area contributed by atoms with E-state index >= 15 is 0 Å². The van der Waals surface area contributed by atoms with Gasteiger partial charge in [0.2, 0.25) is 10.0 Å². The lowest BCUT2D eigenvalue weighted by Crippen LogP contribution is -2.49. The van der Waals surface area contributed by atoms with Crippen LogP contribution in [0.4, 0.5) is 0 Å². The highest BCUT2D eigenvalue weighted by Crippen LogP contribution is 2.37. The molecule has 0 spiro atoms. The van der Waals surface area contributed by atoms with Crippen LogP contribution >= 0.6 is 0 Å². The topological polar surface area (TPSA) is 96.7 Å². The molecule has 8 heteroatoms. The average Bonchev–Trinajstić information content (AvgIpc) is 2.62. The number of aromatic nitrogens is 1. The van der Waals surface area contributed by atoms with Crippen LogP contribution in [0.25, 0.3) is 0 Å². The summed E-state index contributed by atoms with van der Waals surface area (Å²) in [5, 5.41) is 9.09. The molecule has 0 amide bonds. The Morgan fingerprint density at radius 1 is 1.15 bits per heavy atom. The van der Waals surface area contributed by atoms with Gasteiger partial charge in [-0.1, -0.05) is 6.07 Å². The van der Waals surface area contributed by atoms with Crippen molar-refractivity contribution in [1.29, 1.82) is 0 Å². The second-order valence-electron chi connectivity index (χ2n) is 7.31. The Hall–Kier alpha value is -2.45. The van der Waals surface area contributed by atoms with E-state index in [2.05, 4.69) is 0 Å². The number of sulfonamides is 1. The van der Waals surface area contributed by atoms with Crippen LogP contribution in [0.2, 0.25) is 0 Å². The fraction of sp³-hybridized carbons (Fsp3) is 0.368. The van der Waals surface area contributed by atoms with Gasteiger partial charge in [-0.05, 0) is 49.1 Å². The van der Waals surface area contributed by atoms with Gasteiger partial charge in [0.25, 0.3) is 5.56 Å². The molecule has 3 heterocycles. The molecule has 2 aliphatic heterocycles. The lowest BCUT2D eigenvalue weighted by molar-refractivity contribution is 0.0696. The summed E-state index contributed by atoms with van der Waals surface area (Å²) in [5.41, 5.74) is 1.33. The van der Waals surface area contributed by atoms with Gasteiger partial charge in [0.1, 0.15) is 0 Å². The second-order valence-corrected chi connectivity index (χ2v) is 9.21. The molecule has 7 nitrogen and oxygen atoms in total. The number of carboxylic acids is 1. The van der Waals surface area contributed by atoms with Crippen molar-refractivity contribution in [3.63, 3.8) is 0 Å². The number of hydrogen-bond acceptors (Lipinski definition) is 4. The fourth-order valence-electron chi connectivity index (χ4n) is 4.26. The van der Waals surface area contributed by atoms with Crippen LogP contribution in [0, 0.1) is 12.8 Å². The highest BCUT2D eigenvalue weighted by atomic mass is 32.2. The standard InChI is InChI=1S/C19H20N2O5S/c1-12-7-14(19(23)24)5-6-17(12)27(25,26)20-9-13-8-15(11-20)16-3-2-4-18(22)21(16)10-13/h2-7,13,15H,8-11H2,1H3,(H,23,24)/t13-,15+/m0/s1. The molecular formula is C19H20N2O5S. The summed E-state index contributed by atoms with van der Waals surface area (Å²) < 4.78 is 29.7. The van der Waals surface area contributed by atoms with Crippen molar-refractivity contribution in [2.45, 2.75) is 30.7 Å². The maximum absolute atomic E-state index is 13.2. The monoisotopic (exact) mass is 388 g/mol. The van der Waals surface area contributed by atoms with Gasteiger partial charge in [-0.15, -0.1) is 0 Å². The zero-order chi connectivity index (χ0) is 19.3. The first-order valence-corrected chi connectivity index (χ1v) is 10.2. The summed E-state index contributed by atoms with van der Waals surface area (Å²) in [4.78, 5) is 23.4. The van der Waals surface area contributed by atoms with Gasteiger partial charge in [0.05, 0.1) is 10.5 Å². The number of aromatic carboxylic acids is 1. The third-order valence-corrected chi connectivity index (χ3v) is 7.48. The van der Waals surface area contributed by atoms with E-state index in [4.69, 9.17) is 5.11 Å². The molecule has 1 N–H and O–H groups in total. The summed E-state index contributed by atoms with van der Waals surface area (Å²) in [7, 11) is -3.74. The minimum absolute atomic E-state index is 0.0141. The van der Waals surface area contributed by atoms with Gasteiger partial charge < -0.3 is 9.67 Å². The van der Waals surface area contributed by atoms with Gasteiger partial charge in [-0.25, -0.2) is 13.2 Å². The van der Waals surface area contributed by atoms with E-state index in [1.54, 1.807) is 17.6 Å². The molecule has 4 rings (SSSR count). The molecule has 2 atom stereocenters. The Morgan fingerprint density at radius 3 is 2.63 bits per heavy atom. The lowest BCUT2D eigenvalue weighted by Gasteiger charge is -2.42. The van der Waals surface area contributed by atoms with E-state index in [1.807, 2.05) is 6.07 Å². The van der Waals surface area contributed by atoms with Crippen LogP contribution < -0.4 is 5.56 Å². The fourth-order valence-corrected chi connectivity index (χ4v) is 6.03. The Balaban J connectivity index is 1.69. The molecule has 1 fully saturated rings. The molecule has 0 saturated carbocycles. The molecule has 1 saturated heterocycles. The number of carboxylic acid groups (broad SMARTS) is 1. The Kier molecular flexibility index (Phi) is 4.20. The van der Waals surface area contributed by atoms with E-state index in [9.17, 15) is 18.0 Å². The molecule has 142 valence electrons. The lowest BCUT2D eigenvalue weighted by atomic mass is 9.84. The third-order valence-electron chi connectivity index (χ3n) is 5.49. The second kappa shape index (κ2) is 6.31. The predicted molar refractivity (Wildman–Crippen MR) is 98.4 cm³/mol. The maximum Gasteiger partial charge on any atom is 0.335 e. The quantitative estimate of drug-likeness (QED) is 0.863. The van der Waals surface area contributed by atoms with E-state index in [0.717, 1.165) is 12.1 Å². The van der Waals surface area contributed by atoms with Gasteiger partial charge in [-0.3, -0.25) is 4.79 Å². The molecule has 0 aliphatic carbocycles. The number of pyridine rings is 1. The molecule has 27 heavy (non-hydrogen) atoms. The smallest absolute Gasteiger partial charge is 0.335 e. The van der Waals surface area contributed by atoms with Crippen LogP contribution in [0.5, 0.6) is 0 Å². The van der Waals surface area contributed by atoms with E-state index < -0.39 is 16.0 Å². The zero-order valence-corrected chi connectivity index (χ0v) is 15.6. The number of aryl methyl sites for hydroxylation is 1. The number of benzene rings is 1. The van der Waals surface area contributed by atoms with Gasteiger partial charge in [-0.2, -0.15) is 4.31 Å². The number of rotatable bonds is 3. The van der Waals surface area contributed by atoms with Crippen LogP contribution in [0.15, 0.2) is 46.1 Å². The average molecular weight is 388 g/mol. The summed E-state index contributed by atoms with van der Waals surface area (Å²) in [5.74, 6) is -1.01. The van der Waals surface area contributed by atoms with E-state index in [1.165, 1.54) is 28.6 Å². The van der Waals surface area contributed by atoms with E-state index in [-0.39, 0.29) is 27.9 Å². The number of fused-ring (bicyclic) bond motifs is 4. The molecule has 2 aromatic rings. The van der Waals surface area contributed by atoms with Crippen molar-refractivity contribution in [3.8, 4) is 0 Å². The molecule has 2 bridgehead atoms. The minimum Gasteiger partial charge on any atom is -0.478 e. The van der Waals surface area contributed by atoms with Gasteiger partial charge >= 0.3 is 5.97 Å². The van der Waals surface area contributed by atoms with Crippen LogP contribution in [-0.2, 0) is 16.6 Å². The summed E-state index contributed by atoms with van der Waals surface area (Å²) >= 11 is 0. The minimum atomic E-state index is -3.74. The van der Waals surface area contributed by atoms with Crippen LogP contribution in [0.3, 0.4) is 0 Å². The summed E-state index contributed by atoms with van der Waals surface area (Å²) in [6, 6.07) is 9.22.